The van der Waals surface area contributed by atoms with Crippen LogP contribution in [0.1, 0.15) is 30.4 Å². The van der Waals surface area contributed by atoms with Crippen molar-refractivity contribution < 1.29 is 4.79 Å². The van der Waals surface area contributed by atoms with Gasteiger partial charge in [0.05, 0.1) is 0 Å². The first kappa shape index (κ1) is 12.6. The Morgan fingerprint density at radius 2 is 1.95 bits per heavy atom. The molecule has 1 atom stereocenters. The van der Waals surface area contributed by atoms with Crippen molar-refractivity contribution in [1.82, 2.24) is 10.2 Å². The monoisotopic (exact) mass is 259 g/mol. The molecule has 3 N–H and O–H groups in total. The number of nitrogens with one attached hydrogen (secondary N) is 1. The van der Waals surface area contributed by atoms with Crippen molar-refractivity contribution in [3.63, 3.8) is 0 Å². The highest BCUT2D eigenvalue weighted by molar-refractivity contribution is 5.77. The van der Waals surface area contributed by atoms with Crippen molar-refractivity contribution >= 4 is 5.91 Å². The Kier molecular flexibility index (Phi) is 3.53. The highest BCUT2D eigenvalue weighted by Gasteiger charge is 2.28. The Balaban J connectivity index is 1.59. The average molecular weight is 259 g/mol. The third kappa shape index (κ3) is 2.96. The van der Waals surface area contributed by atoms with E-state index in [0.717, 1.165) is 25.9 Å². The summed E-state index contributed by atoms with van der Waals surface area (Å²) in [5.41, 5.74) is 8.59. The van der Waals surface area contributed by atoms with Crippen molar-refractivity contribution in [2.45, 2.75) is 44.4 Å². The van der Waals surface area contributed by atoms with Crippen molar-refractivity contribution in [3.05, 3.63) is 35.4 Å². The molecule has 0 saturated heterocycles. The number of fused-ring (bicyclic) bond motifs is 1. The summed E-state index contributed by atoms with van der Waals surface area (Å²) in [6, 6.07) is 9.03. The van der Waals surface area contributed by atoms with Crippen LogP contribution in [0.3, 0.4) is 0 Å². The Hall–Kier alpha value is -1.39. The van der Waals surface area contributed by atoms with Crippen LogP contribution >= 0.6 is 0 Å². The van der Waals surface area contributed by atoms with E-state index in [0.29, 0.717) is 19.0 Å². The zero-order valence-electron chi connectivity index (χ0n) is 11.1. The summed E-state index contributed by atoms with van der Waals surface area (Å²) < 4.78 is 0. The Morgan fingerprint density at radius 1 is 1.32 bits per heavy atom. The lowest BCUT2D eigenvalue weighted by Crippen LogP contribution is -2.41. The molecule has 4 heteroatoms. The summed E-state index contributed by atoms with van der Waals surface area (Å²) >= 11 is 0. The number of nitrogens with two attached hydrogens (primary N) is 1. The highest BCUT2D eigenvalue weighted by atomic mass is 16.1. The Morgan fingerprint density at radius 3 is 2.47 bits per heavy atom. The normalized spacial score (nSPS) is 20.1. The average Bonchev–Trinajstić information content (AvgIpc) is 3.11. The second kappa shape index (κ2) is 5.31. The van der Waals surface area contributed by atoms with E-state index < -0.39 is 0 Å². The minimum absolute atomic E-state index is 0.145. The first-order chi connectivity index (χ1) is 9.26. The molecule has 1 unspecified atom stereocenters. The van der Waals surface area contributed by atoms with Crippen LogP contribution in [0.5, 0.6) is 0 Å². The molecular weight excluding hydrogens is 238 g/mol. The van der Waals surface area contributed by atoms with Gasteiger partial charge in [0.1, 0.15) is 0 Å². The molecule has 2 aliphatic rings. The largest absolute Gasteiger partial charge is 0.353 e. The molecule has 0 radical (unpaired) electrons. The SMILES string of the molecule is NCC(CC(=O)NC1CC1)N1Cc2ccccc2C1. The highest BCUT2D eigenvalue weighted by Crippen LogP contribution is 2.25. The fraction of sp³-hybridized carbons (Fsp3) is 0.533. The number of hydrogen-bond acceptors (Lipinski definition) is 3. The maximum atomic E-state index is 11.9. The molecule has 1 fully saturated rings. The van der Waals surface area contributed by atoms with E-state index in [1.165, 1.54) is 11.1 Å². The zero-order chi connectivity index (χ0) is 13.2. The minimum atomic E-state index is 0.145. The number of hydrogen-bond donors (Lipinski definition) is 2. The standard InChI is InChI=1S/C15H21N3O/c16-8-14(7-15(19)17-13-5-6-13)18-9-11-3-1-2-4-12(11)10-18/h1-4,13-14H,5-10,16H2,(H,17,19). The van der Waals surface area contributed by atoms with Crippen LogP contribution in [0.25, 0.3) is 0 Å². The molecule has 1 aromatic carbocycles. The van der Waals surface area contributed by atoms with Gasteiger partial charge < -0.3 is 11.1 Å². The summed E-state index contributed by atoms with van der Waals surface area (Å²) in [6.07, 6.45) is 2.78. The second-order valence-corrected chi connectivity index (χ2v) is 5.61. The lowest BCUT2D eigenvalue weighted by molar-refractivity contribution is -0.122. The van der Waals surface area contributed by atoms with E-state index in [-0.39, 0.29) is 11.9 Å². The zero-order valence-corrected chi connectivity index (χ0v) is 11.1. The minimum Gasteiger partial charge on any atom is -0.353 e. The van der Waals surface area contributed by atoms with Gasteiger partial charge >= 0.3 is 0 Å². The summed E-state index contributed by atoms with van der Waals surface area (Å²) in [6.45, 7) is 2.36. The molecule has 1 heterocycles. The van der Waals surface area contributed by atoms with Crippen LogP contribution in [-0.4, -0.2) is 29.4 Å². The van der Waals surface area contributed by atoms with Gasteiger partial charge in [-0.25, -0.2) is 0 Å². The smallest absolute Gasteiger partial charge is 0.221 e. The van der Waals surface area contributed by atoms with E-state index in [1.54, 1.807) is 0 Å². The molecule has 1 aliphatic heterocycles. The van der Waals surface area contributed by atoms with Gasteiger partial charge in [0.2, 0.25) is 5.91 Å². The molecule has 1 amide bonds. The molecule has 1 aliphatic carbocycles. The Labute approximate surface area is 114 Å². The van der Waals surface area contributed by atoms with Crippen LogP contribution < -0.4 is 11.1 Å². The second-order valence-electron chi connectivity index (χ2n) is 5.61. The molecule has 3 rings (SSSR count). The van der Waals surface area contributed by atoms with Crippen LogP contribution in [0.2, 0.25) is 0 Å². The van der Waals surface area contributed by atoms with Gasteiger partial charge in [0, 0.05) is 38.1 Å². The fourth-order valence-corrected chi connectivity index (χ4v) is 2.71. The number of carbonyl (C=O) groups is 1. The third-order valence-electron chi connectivity index (χ3n) is 4.02. The Bertz CT molecular complexity index is 445. The van der Waals surface area contributed by atoms with Gasteiger partial charge in [-0.15, -0.1) is 0 Å². The molecule has 102 valence electrons. The lowest BCUT2D eigenvalue weighted by atomic mass is 10.1. The van der Waals surface area contributed by atoms with Gasteiger partial charge in [-0.3, -0.25) is 9.69 Å². The van der Waals surface area contributed by atoms with Gasteiger partial charge in [-0.05, 0) is 24.0 Å². The molecule has 1 saturated carbocycles. The van der Waals surface area contributed by atoms with E-state index in [1.807, 2.05) is 0 Å². The van der Waals surface area contributed by atoms with Crippen LogP contribution in [0.15, 0.2) is 24.3 Å². The van der Waals surface area contributed by atoms with Crippen LogP contribution in [0.4, 0.5) is 0 Å². The molecule has 0 spiro atoms. The predicted molar refractivity (Wildman–Crippen MR) is 74.3 cm³/mol. The van der Waals surface area contributed by atoms with Gasteiger partial charge in [-0.2, -0.15) is 0 Å². The lowest BCUT2D eigenvalue weighted by Gasteiger charge is -2.25. The van der Waals surface area contributed by atoms with Crippen molar-refractivity contribution in [2.24, 2.45) is 5.73 Å². The summed E-state index contributed by atoms with van der Waals surface area (Å²) in [7, 11) is 0. The molecule has 4 nitrogen and oxygen atoms in total. The molecular formula is C15H21N3O. The number of amides is 1. The van der Waals surface area contributed by atoms with Crippen molar-refractivity contribution in [3.8, 4) is 0 Å². The van der Waals surface area contributed by atoms with Gasteiger partial charge in [0.15, 0.2) is 0 Å². The quantitative estimate of drug-likeness (QED) is 0.829. The first-order valence-electron chi connectivity index (χ1n) is 7.06. The van der Waals surface area contributed by atoms with Crippen molar-refractivity contribution in [1.29, 1.82) is 0 Å². The number of carbonyl (C=O) groups excluding carboxylic acids is 1. The number of rotatable bonds is 5. The summed E-state index contributed by atoms with van der Waals surface area (Å²) in [5.74, 6) is 0.147. The predicted octanol–water partition coefficient (Wildman–Crippen LogP) is 0.998. The number of nitrogens with zero attached hydrogens (tertiary/aromatic N) is 1. The van der Waals surface area contributed by atoms with Gasteiger partial charge in [-0.1, -0.05) is 24.3 Å². The first-order valence-corrected chi connectivity index (χ1v) is 7.06. The molecule has 0 bridgehead atoms. The van der Waals surface area contributed by atoms with Crippen LogP contribution in [-0.2, 0) is 17.9 Å². The fourth-order valence-electron chi connectivity index (χ4n) is 2.71. The summed E-state index contributed by atoms with van der Waals surface area (Å²) in [5, 5.41) is 3.04. The van der Waals surface area contributed by atoms with E-state index >= 15 is 0 Å². The van der Waals surface area contributed by atoms with E-state index in [9.17, 15) is 4.79 Å². The molecule has 1 aromatic rings. The van der Waals surface area contributed by atoms with Crippen molar-refractivity contribution in [2.75, 3.05) is 6.54 Å². The maximum Gasteiger partial charge on any atom is 0.221 e. The number of benzene rings is 1. The topological polar surface area (TPSA) is 58.4 Å². The molecule has 0 aromatic heterocycles. The summed E-state index contributed by atoms with van der Waals surface area (Å²) in [4.78, 5) is 14.2. The molecule has 19 heavy (non-hydrogen) atoms. The maximum absolute atomic E-state index is 11.9. The third-order valence-corrected chi connectivity index (χ3v) is 4.02. The van der Waals surface area contributed by atoms with Gasteiger partial charge in [0.25, 0.3) is 0 Å². The van der Waals surface area contributed by atoms with E-state index in [4.69, 9.17) is 5.73 Å². The van der Waals surface area contributed by atoms with Crippen LogP contribution in [0, 0.1) is 0 Å². The van der Waals surface area contributed by atoms with E-state index in [2.05, 4.69) is 34.5 Å².